The van der Waals surface area contributed by atoms with E-state index in [4.69, 9.17) is 24.7 Å². The lowest BCUT2D eigenvalue weighted by Crippen LogP contribution is -2.40. The number of nitrogens with two attached hydrogens (primary N) is 1. The number of nitrogens with one attached hydrogen (secondary N) is 1. The number of carbonyl (C=O) groups is 3. The largest absolute Gasteiger partial charge is 0.490 e. The zero-order valence-electron chi connectivity index (χ0n) is 30.9. The molecule has 14 heteroatoms. The molecule has 1 aromatic heterocycles. The third kappa shape index (κ3) is 7.87. The van der Waals surface area contributed by atoms with E-state index in [2.05, 4.69) is 10.3 Å². The quantitative estimate of drug-likeness (QED) is 0.156. The molecule has 3 atom stereocenters. The first-order valence-electron chi connectivity index (χ1n) is 17.4. The van der Waals surface area contributed by atoms with Crippen LogP contribution in [0.1, 0.15) is 74.6 Å². The Hall–Kier alpha value is -5.37. The van der Waals surface area contributed by atoms with Gasteiger partial charge in [0.1, 0.15) is 11.9 Å². The molecule has 0 bridgehead atoms. The van der Waals surface area contributed by atoms with Crippen LogP contribution in [0.2, 0.25) is 0 Å². The van der Waals surface area contributed by atoms with E-state index in [1.54, 1.807) is 42.6 Å². The summed E-state index contributed by atoms with van der Waals surface area (Å²) in [5.74, 6) is -1.62. The second-order valence-corrected chi connectivity index (χ2v) is 15.7. The number of methoxy groups -OCH3 is 2. The molecule has 4 aromatic rings. The number of pyridine rings is 1. The van der Waals surface area contributed by atoms with E-state index in [-0.39, 0.29) is 35.1 Å². The van der Waals surface area contributed by atoms with Gasteiger partial charge in [-0.1, -0.05) is 18.2 Å². The van der Waals surface area contributed by atoms with Crippen LogP contribution in [0.4, 0.5) is 11.5 Å². The fraction of sp³-hybridized carbons (Fsp3) is 0.385. The van der Waals surface area contributed by atoms with Gasteiger partial charge in [-0.05, 0) is 100 Å². The van der Waals surface area contributed by atoms with Crippen molar-refractivity contribution in [3.8, 4) is 11.5 Å². The Morgan fingerprint density at radius 2 is 1.74 bits per heavy atom. The number of nitrogen functional groups attached to an aromatic ring is 1. The maximum atomic E-state index is 15.2. The van der Waals surface area contributed by atoms with Crippen LogP contribution < -0.4 is 20.5 Å². The summed E-state index contributed by atoms with van der Waals surface area (Å²) >= 11 is 0. The van der Waals surface area contributed by atoms with Gasteiger partial charge >= 0.3 is 11.9 Å². The Kier molecular flexibility index (Phi) is 11.8. The van der Waals surface area contributed by atoms with Crippen LogP contribution in [0, 0.1) is 5.92 Å². The fourth-order valence-corrected chi connectivity index (χ4v) is 8.12. The Bertz CT molecular complexity index is 2120. The lowest BCUT2D eigenvalue weighted by molar-refractivity contribution is -0.147. The minimum Gasteiger partial charge on any atom is -0.490 e. The predicted molar refractivity (Wildman–Crippen MR) is 201 cm³/mol. The van der Waals surface area contributed by atoms with Crippen molar-refractivity contribution in [3.63, 3.8) is 0 Å². The topological polar surface area (TPSA) is 176 Å². The monoisotopic (exact) mass is 746 g/mol. The number of anilines is 2. The molecule has 1 aliphatic heterocycles. The zero-order chi connectivity index (χ0) is 38.6. The van der Waals surface area contributed by atoms with E-state index in [0.29, 0.717) is 35.2 Å². The number of amides is 1. The highest BCUT2D eigenvalue weighted by atomic mass is 32.2. The Morgan fingerprint density at radius 1 is 0.981 bits per heavy atom. The number of rotatable bonds is 13. The average Bonchev–Trinajstić information content (AvgIpc) is 3.58. The highest BCUT2D eigenvalue weighted by Crippen LogP contribution is 2.44. The molecule has 5 rings (SSSR count). The number of ether oxygens (including phenoxy) is 4. The number of aromatic nitrogens is 1. The molecule has 1 aliphatic rings. The van der Waals surface area contributed by atoms with E-state index in [9.17, 15) is 18.0 Å². The van der Waals surface area contributed by atoms with Gasteiger partial charge in [0.25, 0.3) is 0 Å². The molecule has 1 fully saturated rings. The van der Waals surface area contributed by atoms with E-state index in [1.807, 2.05) is 26.8 Å². The number of esters is 2. The van der Waals surface area contributed by atoms with Crippen molar-refractivity contribution in [2.75, 3.05) is 38.4 Å². The van der Waals surface area contributed by atoms with Crippen LogP contribution in [0.15, 0.2) is 71.8 Å². The molecule has 0 saturated carbocycles. The minimum atomic E-state index is -4.16. The minimum absolute atomic E-state index is 0.0812. The van der Waals surface area contributed by atoms with Gasteiger partial charge < -0.3 is 34.9 Å². The molecule has 0 aliphatic carbocycles. The SMILES string of the molecule is CCOc1cc(C(Nc2ccc3c(N)nccc3c2)C(=O)N2CCC(C(=O)OC)C2c2cccc(C(=O)OC)c2S(=O)(=O)C(C)C)ccc1OC(C)C. The summed E-state index contributed by atoms with van der Waals surface area (Å²) in [6.07, 6.45) is 1.62. The molecule has 282 valence electrons. The summed E-state index contributed by atoms with van der Waals surface area (Å²) in [6.45, 7) is 9.05. The normalized spacial score (nSPS) is 16.4. The smallest absolute Gasteiger partial charge is 0.339 e. The summed E-state index contributed by atoms with van der Waals surface area (Å²) in [4.78, 5) is 47.0. The third-order valence-electron chi connectivity index (χ3n) is 9.18. The summed E-state index contributed by atoms with van der Waals surface area (Å²) in [5.41, 5.74) is 7.14. The number of fused-ring (bicyclic) bond motifs is 1. The zero-order valence-corrected chi connectivity index (χ0v) is 31.7. The van der Waals surface area contributed by atoms with E-state index >= 15 is 4.79 Å². The van der Waals surface area contributed by atoms with Gasteiger partial charge in [0.05, 0.1) is 54.6 Å². The molecule has 1 amide bonds. The van der Waals surface area contributed by atoms with Crippen molar-refractivity contribution in [3.05, 3.63) is 83.6 Å². The number of sulfone groups is 1. The molecule has 1 saturated heterocycles. The van der Waals surface area contributed by atoms with Crippen LogP contribution in [0.25, 0.3) is 10.8 Å². The second kappa shape index (κ2) is 16.1. The molecule has 3 N–H and O–H groups in total. The van der Waals surface area contributed by atoms with Gasteiger partial charge in [-0.15, -0.1) is 0 Å². The molecule has 0 spiro atoms. The van der Waals surface area contributed by atoms with Crippen molar-refractivity contribution in [1.29, 1.82) is 0 Å². The number of carbonyl (C=O) groups excluding carboxylic acids is 3. The summed E-state index contributed by atoms with van der Waals surface area (Å²) < 4.78 is 50.2. The second-order valence-electron chi connectivity index (χ2n) is 13.2. The van der Waals surface area contributed by atoms with Crippen LogP contribution in [0.5, 0.6) is 11.5 Å². The average molecular weight is 747 g/mol. The molecule has 0 radical (unpaired) electrons. The Labute approximate surface area is 309 Å². The summed E-state index contributed by atoms with van der Waals surface area (Å²) in [5, 5.41) is 3.97. The van der Waals surface area contributed by atoms with Crippen LogP contribution in [0.3, 0.4) is 0 Å². The molecule has 53 heavy (non-hydrogen) atoms. The lowest BCUT2D eigenvalue weighted by atomic mass is 9.91. The number of likely N-dealkylation sites (tertiary alicyclic amines) is 1. The number of hydrogen-bond acceptors (Lipinski definition) is 12. The van der Waals surface area contributed by atoms with E-state index in [0.717, 1.165) is 17.9 Å². The summed E-state index contributed by atoms with van der Waals surface area (Å²) in [6, 6.07) is 14.7. The first kappa shape index (κ1) is 38.9. The van der Waals surface area contributed by atoms with Crippen LogP contribution in [-0.2, 0) is 28.9 Å². The van der Waals surface area contributed by atoms with Gasteiger partial charge in [-0.25, -0.2) is 18.2 Å². The van der Waals surface area contributed by atoms with Crippen LogP contribution >= 0.6 is 0 Å². The third-order valence-corrected chi connectivity index (χ3v) is 11.4. The summed E-state index contributed by atoms with van der Waals surface area (Å²) in [7, 11) is -1.76. The van der Waals surface area contributed by atoms with Crippen molar-refractivity contribution in [2.45, 2.75) is 69.4 Å². The highest BCUT2D eigenvalue weighted by Gasteiger charge is 2.47. The number of hydrogen-bond donors (Lipinski definition) is 2. The lowest BCUT2D eigenvalue weighted by Gasteiger charge is -2.33. The van der Waals surface area contributed by atoms with Crippen molar-refractivity contribution in [1.82, 2.24) is 9.88 Å². The number of benzene rings is 3. The first-order chi connectivity index (χ1) is 25.2. The molecule has 13 nitrogen and oxygen atoms in total. The fourth-order valence-electron chi connectivity index (χ4n) is 6.67. The van der Waals surface area contributed by atoms with Gasteiger partial charge in [-0.3, -0.25) is 9.59 Å². The van der Waals surface area contributed by atoms with Gasteiger partial charge in [0, 0.05) is 23.8 Å². The standard InChI is InChI=1S/C39H46N4O9S/c1-8-51-32-21-25(12-15-31(32)52-22(2)3)33(42-26-13-14-27-24(20-26)16-18-41-36(27)40)37(44)43-19-17-29(38(45)49-6)34(43)28-10-9-11-30(39(46)50-7)35(28)53(47,48)23(4)5/h9-16,18,20-23,29,33-34,42H,8,17,19H2,1-7H3,(H2,40,41). The van der Waals surface area contributed by atoms with E-state index < -0.39 is 50.9 Å². The van der Waals surface area contributed by atoms with Crippen LogP contribution in [-0.4, -0.2) is 74.9 Å². The number of nitrogens with zero attached hydrogens (tertiary/aromatic N) is 2. The first-order valence-corrected chi connectivity index (χ1v) is 19.0. The van der Waals surface area contributed by atoms with Crippen molar-refractivity contribution in [2.24, 2.45) is 5.92 Å². The van der Waals surface area contributed by atoms with Crippen molar-refractivity contribution >= 4 is 50.0 Å². The van der Waals surface area contributed by atoms with Crippen molar-refractivity contribution < 1.29 is 41.7 Å². The molecule has 3 aromatic carbocycles. The van der Waals surface area contributed by atoms with E-state index in [1.165, 1.54) is 44.1 Å². The molecule has 3 unspecified atom stereocenters. The Morgan fingerprint density at radius 3 is 2.40 bits per heavy atom. The van der Waals surface area contributed by atoms with Gasteiger partial charge in [0.2, 0.25) is 5.91 Å². The molecule has 2 heterocycles. The van der Waals surface area contributed by atoms with Gasteiger partial charge in [0.15, 0.2) is 21.3 Å². The Balaban J connectivity index is 1.71. The highest BCUT2D eigenvalue weighted by molar-refractivity contribution is 7.92. The maximum absolute atomic E-state index is 15.2. The molecular weight excluding hydrogens is 701 g/mol. The van der Waals surface area contributed by atoms with Gasteiger partial charge in [-0.2, -0.15) is 0 Å². The predicted octanol–water partition coefficient (Wildman–Crippen LogP) is 5.89. The molecular formula is C39H46N4O9S. The maximum Gasteiger partial charge on any atom is 0.339 e.